The summed E-state index contributed by atoms with van der Waals surface area (Å²) in [6.07, 6.45) is 0. The molecule has 0 aliphatic rings. The third kappa shape index (κ3) is 5.06. The van der Waals surface area contributed by atoms with Crippen molar-refractivity contribution < 1.29 is 13.0 Å². The summed E-state index contributed by atoms with van der Waals surface area (Å²) in [6.45, 7) is 0. The van der Waals surface area contributed by atoms with Gasteiger partial charge in [-0.15, -0.1) is 0 Å². The summed E-state index contributed by atoms with van der Waals surface area (Å²) in [5.41, 5.74) is 0. The molecular formula is C12H10Cl2O3S. The monoisotopic (exact) mass is 304 g/mol. The Balaban J connectivity index is 0.000000184. The average molecular weight is 305 g/mol. The first-order valence-electron chi connectivity index (χ1n) is 4.84. The van der Waals surface area contributed by atoms with Gasteiger partial charge in [0.15, 0.2) is 0 Å². The lowest BCUT2D eigenvalue weighted by Gasteiger charge is -1.92. The topological polar surface area (TPSA) is 54.4 Å². The van der Waals surface area contributed by atoms with E-state index < -0.39 is 10.1 Å². The lowest BCUT2D eigenvalue weighted by molar-refractivity contribution is 0.483. The maximum atomic E-state index is 10.4. The first-order valence-corrected chi connectivity index (χ1v) is 7.03. The van der Waals surface area contributed by atoms with Gasteiger partial charge in [0.25, 0.3) is 10.1 Å². The highest BCUT2D eigenvalue weighted by Crippen LogP contribution is 2.19. The smallest absolute Gasteiger partial charge is 0.282 e. The number of rotatable bonds is 1. The minimum atomic E-state index is -4.00. The molecule has 2 aromatic carbocycles. The maximum absolute atomic E-state index is 10.4. The summed E-state index contributed by atoms with van der Waals surface area (Å²) in [5.74, 6) is 0. The highest BCUT2D eigenvalue weighted by molar-refractivity contribution is 7.85. The van der Waals surface area contributed by atoms with Crippen molar-refractivity contribution in [2.45, 2.75) is 4.90 Å². The van der Waals surface area contributed by atoms with Gasteiger partial charge in [-0.2, -0.15) is 8.42 Å². The van der Waals surface area contributed by atoms with Gasteiger partial charge in [0, 0.05) is 0 Å². The van der Waals surface area contributed by atoms with E-state index >= 15 is 0 Å². The lowest BCUT2D eigenvalue weighted by atomic mass is 10.4. The van der Waals surface area contributed by atoms with Crippen molar-refractivity contribution in [3.8, 4) is 0 Å². The summed E-state index contributed by atoms with van der Waals surface area (Å²) in [7, 11) is -4.00. The Bertz CT molecular complexity index is 577. The molecule has 0 aliphatic heterocycles. The number of hydrogen-bond donors (Lipinski definition) is 1. The van der Waals surface area contributed by atoms with Gasteiger partial charge in [-0.25, -0.2) is 0 Å². The molecule has 3 nitrogen and oxygen atoms in total. The van der Waals surface area contributed by atoms with Crippen LogP contribution >= 0.6 is 23.2 Å². The van der Waals surface area contributed by atoms with Crippen LogP contribution in [-0.2, 0) is 10.1 Å². The highest BCUT2D eigenvalue weighted by Gasteiger charge is 2.05. The van der Waals surface area contributed by atoms with E-state index in [4.69, 9.17) is 27.8 Å². The largest absolute Gasteiger partial charge is 0.294 e. The molecule has 18 heavy (non-hydrogen) atoms. The summed E-state index contributed by atoms with van der Waals surface area (Å²) >= 11 is 11.2. The predicted octanol–water partition coefficient (Wildman–Crippen LogP) is 3.93. The van der Waals surface area contributed by atoms with Gasteiger partial charge in [0.2, 0.25) is 0 Å². The van der Waals surface area contributed by atoms with Crippen molar-refractivity contribution in [3.63, 3.8) is 0 Å². The Morgan fingerprint density at radius 2 is 1.17 bits per heavy atom. The zero-order chi connectivity index (χ0) is 13.6. The normalized spacial score (nSPS) is 10.4. The highest BCUT2D eigenvalue weighted by atomic mass is 35.5. The molecule has 0 amide bonds. The van der Waals surface area contributed by atoms with Crippen molar-refractivity contribution >= 4 is 33.3 Å². The van der Waals surface area contributed by atoms with Crippen LogP contribution in [-0.4, -0.2) is 13.0 Å². The third-order valence-electron chi connectivity index (χ3n) is 1.87. The summed E-state index contributed by atoms with van der Waals surface area (Å²) in [5, 5.41) is 1.21. The first kappa shape index (κ1) is 15.0. The fourth-order valence-corrected chi connectivity index (χ4v) is 1.80. The van der Waals surface area contributed by atoms with E-state index in [1.54, 1.807) is 30.3 Å². The van der Waals surface area contributed by atoms with Gasteiger partial charge >= 0.3 is 0 Å². The first-order chi connectivity index (χ1) is 8.41. The molecule has 0 heterocycles. The lowest BCUT2D eigenvalue weighted by Crippen LogP contribution is -1.96. The molecule has 0 saturated carbocycles. The van der Waals surface area contributed by atoms with Crippen LogP contribution < -0.4 is 0 Å². The van der Waals surface area contributed by atoms with Crippen molar-refractivity contribution in [1.29, 1.82) is 0 Å². The van der Waals surface area contributed by atoms with E-state index in [-0.39, 0.29) is 4.90 Å². The van der Waals surface area contributed by atoms with Crippen LogP contribution in [0.3, 0.4) is 0 Å². The van der Waals surface area contributed by atoms with Gasteiger partial charge in [-0.3, -0.25) is 4.55 Å². The second-order valence-electron chi connectivity index (χ2n) is 3.20. The summed E-state index contributed by atoms with van der Waals surface area (Å²) < 4.78 is 29.2. The van der Waals surface area contributed by atoms with Crippen LogP contribution in [0.2, 0.25) is 10.0 Å². The van der Waals surface area contributed by atoms with Crippen LogP contribution in [0.4, 0.5) is 0 Å². The number of halogens is 2. The van der Waals surface area contributed by atoms with E-state index in [1.807, 2.05) is 12.1 Å². The van der Waals surface area contributed by atoms with Gasteiger partial charge < -0.3 is 0 Å². The zero-order valence-electron chi connectivity index (χ0n) is 9.12. The molecule has 96 valence electrons. The van der Waals surface area contributed by atoms with Gasteiger partial charge in [-0.05, 0) is 24.3 Å². The Kier molecular flexibility index (Phi) is 5.62. The third-order valence-corrected chi connectivity index (χ3v) is 3.49. The molecule has 0 aliphatic carbocycles. The Morgan fingerprint density at radius 1 is 0.778 bits per heavy atom. The standard InChI is InChI=1S/C6H4Cl2.C6H6O3S/c7-5-3-1-2-4-6(5)8;7-10(8,9)6-4-2-1-3-5-6/h1-4H;1-5H,(H,7,8,9). The van der Waals surface area contributed by atoms with Crippen molar-refractivity contribution in [1.82, 2.24) is 0 Å². The van der Waals surface area contributed by atoms with Crippen LogP contribution in [0.1, 0.15) is 0 Å². The molecular weight excluding hydrogens is 295 g/mol. The molecule has 0 saturated heterocycles. The predicted molar refractivity (Wildman–Crippen MR) is 72.7 cm³/mol. The quantitative estimate of drug-likeness (QED) is 0.812. The second kappa shape index (κ2) is 6.75. The van der Waals surface area contributed by atoms with Gasteiger partial charge in [0.05, 0.1) is 14.9 Å². The van der Waals surface area contributed by atoms with E-state index in [0.717, 1.165) is 0 Å². The fraction of sp³-hybridized carbons (Fsp3) is 0. The Hall–Kier alpha value is -1.07. The minimum Gasteiger partial charge on any atom is -0.282 e. The fourth-order valence-electron chi connectivity index (χ4n) is 1.03. The average Bonchev–Trinajstić information content (AvgIpc) is 2.34. The molecule has 2 rings (SSSR count). The van der Waals surface area contributed by atoms with E-state index in [0.29, 0.717) is 10.0 Å². The zero-order valence-corrected chi connectivity index (χ0v) is 11.5. The van der Waals surface area contributed by atoms with Crippen LogP contribution in [0.25, 0.3) is 0 Å². The van der Waals surface area contributed by atoms with Crippen LogP contribution in [0.15, 0.2) is 59.5 Å². The Labute approximate surface area is 116 Å². The minimum absolute atomic E-state index is 0.0741. The molecule has 0 fully saturated rings. The summed E-state index contributed by atoms with van der Waals surface area (Å²) in [6, 6.07) is 14.6. The molecule has 0 radical (unpaired) electrons. The van der Waals surface area contributed by atoms with Crippen LogP contribution in [0.5, 0.6) is 0 Å². The van der Waals surface area contributed by atoms with E-state index in [9.17, 15) is 8.42 Å². The van der Waals surface area contributed by atoms with E-state index in [1.165, 1.54) is 12.1 Å². The molecule has 0 aromatic heterocycles. The van der Waals surface area contributed by atoms with Crippen molar-refractivity contribution in [3.05, 3.63) is 64.6 Å². The van der Waals surface area contributed by atoms with Gasteiger partial charge in [0.1, 0.15) is 0 Å². The number of hydrogen-bond acceptors (Lipinski definition) is 2. The summed E-state index contributed by atoms with van der Waals surface area (Å²) in [4.78, 5) is -0.0741. The molecule has 6 heteroatoms. The van der Waals surface area contributed by atoms with Crippen molar-refractivity contribution in [2.24, 2.45) is 0 Å². The Morgan fingerprint density at radius 3 is 1.44 bits per heavy atom. The van der Waals surface area contributed by atoms with Crippen LogP contribution in [0, 0.1) is 0 Å². The second-order valence-corrected chi connectivity index (χ2v) is 5.44. The molecule has 0 spiro atoms. The molecule has 0 atom stereocenters. The molecule has 0 bridgehead atoms. The SMILES string of the molecule is Clc1ccccc1Cl.O=S(=O)(O)c1ccccc1. The number of benzene rings is 2. The maximum Gasteiger partial charge on any atom is 0.294 e. The molecule has 2 aromatic rings. The molecule has 1 N–H and O–H groups in total. The molecule has 0 unspecified atom stereocenters. The van der Waals surface area contributed by atoms with Crippen molar-refractivity contribution in [2.75, 3.05) is 0 Å². The van der Waals surface area contributed by atoms with Gasteiger partial charge in [-0.1, -0.05) is 53.5 Å². The van der Waals surface area contributed by atoms with E-state index in [2.05, 4.69) is 0 Å².